The minimum Gasteiger partial charge on any atom is -0.504 e. The molecule has 3 aromatic rings. The molecule has 1 aliphatic rings. The molecular weight excluding hydrogens is 487 g/mol. The van der Waals surface area contributed by atoms with Crippen molar-refractivity contribution in [3.8, 4) is 17.2 Å². The Balaban J connectivity index is 1.74. The summed E-state index contributed by atoms with van der Waals surface area (Å²) in [6.07, 6.45) is 1.70. The van der Waals surface area contributed by atoms with Gasteiger partial charge in [-0.2, -0.15) is 0 Å². The molecule has 0 aromatic heterocycles. The van der Waals surface area contributed by atoms with Crippen molar-refractivity contribution in [2.75, 3.05) is 13.2 Å². The number of halogens is 2. The number of para-hydroxylation sites is 1. The molecule has 2 atom stereocenters. The summed E-state index contributed by atoms with van der Waals surface area (Å²) in [6, 6.07) is 17.9. The Morgan fingerprint density at radius 3 is 2.45 bits per heavy atom. The van der Waals surface area contributed by atoms with E-state index in [1.54, 1.807) is 18.2 Å². The van der Waals surface area contributed by atoms with E-state index in [0.29, 0.717) is 29.0 Å². The minimum atomic E-state index is -0.325. The molecule has 0 saturated heterocycles. The van der Waals surface area contributed by atoms with E-state index in [0.717, 1.165) is 22.6 Å². The molecule has 1 aliphatic heterocycles. The van der Waals surface area contributed by atoms with Gasteiger partial charge in [0.05, 0.1) is 23.7 Å². The van der Waals surface area contributed by atoms with Crippen LogP contribution in [0.1, 0.15) is 42.7 Å². The molecular formula is C26H26BrFN2O3. The molecule has 7 heteroatoms. The lowest BCUT2D eigenvalue weighted by atomic mass is 9.97. The third-order valence-corrected chi connectivity index (χ3v) is 6.01. The molecule has 3 N–H and O–H groups in total. The second-order valence-electron chi connectivity index (χ2n) is 7.56. The molecule has 0 amide bonds. The van der Waals surface area contributed by atoms with Gasteiger partial charge in [0.2, 0.25) is 0 Å². The highest BCUT2D eigenvalue weighted by molar-refractivity contribution is 9.10. The van der Waals surface area contributed by atoms with Crippen LogP contribution in [0.4, 0.5) is 4.39 Å². The topological polar surface area (TPSA) is 62.8 Å². The van der Waals surface area contributed by atoms with E-state index in [-0.39, 0.29) is 23.8 Å². The zero-order chi connectivity index (χ0) is 23.4. The summed E-state index contributed by atoms with van der Waals surface area (Å²) in [5.74, 6) is 1.01. The van der Waals surface area contributed by atoms with Crippen molar-refractivity contribution in [3.05, 3.63) is 93.7 Å². The van der Waals surface area contributed by atoms with E-state index >= 15 is 0 Å². The zero-order valence-corrected chi connectivity index (χ0v) is 20.0. The smallest absolute Gasteiger partial charge is 0.162 e. The van der Waals surface area contributed by atoms with Crippen LogP contribution < -0.4 is 20.1 Å². The predicted molar refractivity (Wildman–Crippen MR) is 131 cm³/mol. The quantitative estimate of drug-likeness (QED) is 0.358. The van der Waals surface area contributed by atoms with Crippen molar-refractivity contribution in [1.82, 2.24) is 10.6 Å². The van der Waals surface area contributed by atoms with Gasteiger partial charge in [0.25, 0.3) is 0 Å². The number of phenols is 1. The largest absolute Gasteiger partial charge is 0.504 e. The maximum atomic E-state index is 13.9. The minimum absolute atomic E-state index is 0.0973. The first-order valence-electron chi connectivity index (χ1n) is 10.9. The number of hydrogen-bond acceptors (Lipinski definition) is 5. The van der Waals surface area contributed by atoms with Crippen molar-refractivity contribution in [2.24, 2.45) is 0 Å². The Morgan fingerprint density at radius 2 is 1.76 bits per heavy atom. The number of hydrogen-bond donors (Lipinski definition) is 3. The average molecular weight is 513 g/mol. The van der Waals surface area contributed by atoms with E-state index < -0.39 is 0 Å². The Kier molecular flexibility index (Phi) is 7.20. The molecule has 172 valence electrons. The van der Waals surface area contributed by atoms with Crippen molar-refractivity contribution in [1.29, 1.82) is 0 Å². The van der Waals surface area contributed by atoms with Gasteiger partial charge in [-0.1, -0.05) is 18.2 Å². The first-order chi connectivity index (χ1) is 16.0. The molecule has 0 saturated carbocycles. The first kappa shape index (κ1) is 23.1. The van der Waals surface area contributed by atoms with E-state index in [2.05, 4.69) is 26.6 Å². The molecule has 0 aliphatic carbocycles. The fourth-order valence-electron chi connectivity index (χ4n) is 3.83. The van der Waals surface area contributed by atoms with Gasteiger partial charge < -0.3 is 19.9 Å². The maximum absolute atomic E-state index is 13.9. The number of aromatic hydroxyl groups is 1. The Hall–Kier alpha value is -3.03. The second kappa shape index (κ2) is 10.3. The molecule has 0 radical (unpaired) electrons. The van der Waals surface area contributed by atoms with E-state index in [9.17, 15) is 9.50 Å². The highest BCUT2D eigenvalue weighted by Crippen LogP contribution is 2.38. The maximum Gasteiger partial charge on any atom is 0.162 e. The van der Waals surface area contributed by atoms with Crippen molar-refractivity contribution in [3.63, 3.8) is 0 Å². The van der Waals surface area contributed by atoms with Gasteiger partial charge >= 0.3 is 0 Å². The summed E-state index contributed by atoms with van der Waals surface area (Å²) in [5.41, 5.74) is 3.40. The second-order valence-corrected chi connectivity index (χ2v) is 8.41. The molecule has 1 heterocycles. The van der Waals surface area contributed by atoms with Crippen LogP contribution in [0.2, 0.25) is 0 Å². The zero-order valence-electron chi connectivity index (χ0n) is 18.4. The SMILES string of the molecule is CCOc1ccc(C2=CC(c3cccc(OCC)c3O)NC(c3ccc(F)c(Br)c3)N2)cc1. The lowest BCUT2D eigenvalue weighted by molar-refractivity contribution is 0.314. The monoisotopic (exact) mass is 512 g/mol. The van der Waals surface area contributed by atoms with Crippen LogP contribution in [0.5, 0.6) is 17.2 Å². The molecule has 5 nitrogen and oxygen atoms in total. The highest BCUT2D eigenvalue weighted by atomic mass is 79.9. The number of benzene rings is 3. The van der Waals surface area contributed by atoms with Gasteiger partial charge in [0.15, 0.2) is 11.5 Å². The molecule has 3 aromatic carbocycles. The van der Waals surface area contributed by atoms with Crippen molar-refractivity contribution in [2.45, 2.75) is 26.1 Å². The number of ether oxygens (including phenoxy) is 2. The lowest BCUT2D eigenvalue weighted by Gasteiger charge is -2.33. The standard InChI is InChI=1S/C26H26BrFN2O3/c1-3-32-18-11-8-16(9-12-18)22-15-23(19-6-5-7-24(25(19)31)33-4-2)30-26(29-22)17-10-13-21(28)20(27)14-17/h5-15,23,26,29-31H,3-4H2,1-2H3. The van der Waals surface area contributed by atoms with Crippen molar-refractivity contribution >= 4 is 21.6 Å². The van der Waals surface area contributed by atoms with Crippen LogP contribution in [-0.4, -0.2) is 18.3 Å². The first-order valence-corrected chi connectivity index (χ1v) is 11.7. The predicted octanol–water partition coefficient (Wildman–Crippen LogP) is 6.07. The van der Waals surface area contributed by atoms with Gasteiger partial charge in [-0.05, 0) is 89.4 Å². The summed E-state index contributed by atoms with van der Waals surface area (Å²) < 4.78 is 25.4. The molecule has 33 heavy (non-hydrogen) atoms. The summed E-state index contributed by atoms with van der Waals surface area (Å²) in [4.78, 5) is 0. The molecule has 0 fully saturated rings. The lowest BCUT2D eigenvalue weighted by Crippen LogP contribution is -2.39. The van der Waals surface area contributed by atoms with Gasteiger partial charge in [-0.3, -0.25) is 5.32 Å². The average Bonchev–Trinajstić information content (AvgIpc) is 2.83. The Bertz CT molecular complexity index is 1150. The summed E-state index contributed by atoms with van der Waals surface area (Å²) in [5, 5.41) is 17.9. The van der Waals surface area contributed by atoms with Crippen molar-refractivity contribution < 1.29 is 19.0 Å². The normalized spacial score (nSPS) is 17.8. The van der Waals surface area contributed by atoms with Crippen LogP contribution in [0, 0.1) is 5.82 Å². The number of rotatable bonds is 7. The highest BCUT2D eigenvalue weighted by Gasteiger charge is 2.27. The molecule has 0 spiro atoms. The van der Waals surface area contributed by atoms with Gasteiger partial charge in [-0.15, -0.1) is 0 Å². The molecule has 0 bridgehead atoms. The van der Waals surface area contributed by atoms with Crippen LogP contribution in [0.25, 0.3) is 5.70 Å². The third-order valence-electron chi connectivity index (χ3n) is 5.40. The molecule has 4 rings (SSSR count). The fourth-order valence-corrected chi connectivity index (χ4v) is 4.23. The third kappa shape index (κ3) is 5.15. The van der Waals surface area contributed by atoms with E-state index in [1.165, 1.54) is 6.07 Å². The van der Waals surface area contributed by atoms with E-state index in [1.807, 2.05) is 56.3 Å². The van der Waals surface area contributed by atoms with Crippen LogP contribution in [0.3, 0.4) is 0 Å². The van der Waals surface area contributed by atoms with Crippen LogP contribution in [-0.2, 0) is 0 Å². The summed E-state index contributed by atoms with van der Waals surface area (Å²) in [7, 11) is 0. The number of phenolic OH excluding ortho intramolecular Hbond substituents is 1. The van der Waals surface area contributed by atoms with Crippen LogP contribution in [0.15, 0.2) is 71.2 Å². The van der Waals surface area contributed by atoms with Crippen LogP contribution >= 0.6 is 15.9 Å². The summed E-state index contributed by atoms with van der Waals surface area (Å²) >= 11 is 3.28. The fraction of sp³-hybridized carbons (Fsp3) is 0.231. The van der Waals surface area contributed by atoms with Gasteiger partial charge in [-0.25, -0.2) is 4.39 Å². The number of nitrogens with one attached hydrogen (secondary N) is 2. The van der Waals surface area contributed by atoms with E-state index in [4.69, 9.17) is 9.47 Å². The Labute approximate surface area is 201 Å². The Morgan fingerprint density at radius 1 is 1.00 bits per heavy atom. The van der Waals surface area contributed by atoms with Gasteiger partial charge in [0.1, 0.15) is 17.7 Å². The van der Waals surface area contributed by atoms with Gasteiger partial charge in [0, 0.05) is 11.3 Å². The molecule has 2 unspecified atom stereocenters. The summed E-state index contributed by atoms with van der Waals surface area (Å²) in [6.45, 7) is 4.88.